The maximum Gasteiger partial charge on any atom is 0.136 e. The van der Waals surface area contributed by atoms with Crippen molar-refractivity contribution in [3.63, 3.8) is 0 Å². The molecule has 0 atom stereocenters. The van der Waals surface area contributed by atoms with Crippen molar-refractivity contribution in [2.75, 3.05) is 9.80 Å². The molecule has 0 radical (unpaired) electrons. The van der Waals surface area contributed by atoms with Gasteiger partial charge in [0.15, 0.2) is 0 Å². The van der Waals surface area contributed by atoms with E-state index < -0.39 is 0 Å². The van der Waals surface area contributed by atoms with Gasteiger partial charge in [0.1, 0.15) is 11.2 Å². The Balaban J connectivity index is 0.994. The normalized spacial score (nSPS) is 12.0. The first-order valence-electron chi connectivity index (χ1n) is 23.8. The number of nitrogens with zero attached hydrogens (tertiary/aromatic N) is 2. The molecule has 3 nitrogen and oxygen atoms in total. The van der Waals surface area contributed by atoms with Crippen molar-refractivity contribution in [3.05, 3.63) is 229 Å². The highest BCUT2D eigenvalue weighted by atomic mass is 16.3. The van der Waals surface area contributed by atoms with Crippen molar-refractivity contribution in [3.8, 4) is 22.3 Å². The van der Waals surface area contributed by atoms with E-state index in [-0.39, 0.29) is 10.8 Å². The van der Waals surface area contributed by atoms with Gasteiger partial charge in [0.05, 0.1) is 0 Å². The lowest BCUT2D eigenvalue weighted by Gasteiger charge is -2.29. The molecule has 0 saturated heterocycles. The summed E-state index contributed by atoms with van der Waals surface area (Å²) in [4.78, 5) is 4.75. The van der Waals surface area contributed by atoms with Crippen LogP contribution < -0.4 is 9.80 Å². The molecule has 0 N–H and O–H groups in total. The lowest BCUT2D eigenvalue weighted by Crippen LogP contribution is -2.14. The van der Waals surface area contributed by atoms with Gasteiger partial charge in [0, 0.05) is 44.9 Å². The van der Waals surface area contributed by atoms with Gasteiger partial charge >= 0.3 is 0 Å². The molecule has 1 aromatic heterocycles. The summed E-state index contributed by atoms with van der Waals surface area (Å²) < 4.78 is 6.84. The molecule has 3 heteroatoms. The average Bonchev–Trinajstić information content (AvgIpc) is 3.70. The Morgan fingerprint density at radius 3 is 1.24 bits per heavy atom. The molecule has 11 aromatic rings. The zero-order valence-electron chi connectivity index (χ0n) is 40.0. The van der Waals surface area contributed by atoms with E-state index in [1.54, 1.807) is 0 Å². The van der Waals surface area contributed by atoms with Gasteiger partial charge in [-0.25, -0.2) is 0 Å². The van der Waals surface area contributed by atoms with Crippen LogP contribution in [0, 0.1) is 6.92 Å². The average molecular weight is 881 g/mol. The Labute approximate surface area is 400 Å². The Hall–Kier alpha value is -7.88. The quantitative estimate of drug-likeness (QED) is 0.152. The molecule has 0 saturated carbocycles. The van der Waals surface area contributed by atoms with Crippen LogP contribution in [0.25, 0.3) is 65.7 Å². The van der Waals surface area contributed by atoms with Crippen LogP contribution in [-0.2, 0) is 10.8 Å². The summed E-state index contributed by atoms with van der Waals surface area (Å²) in [5.74, 6) is 0. The van der Waals surface area contributed by atoms with Gasteiger partial charge < -0.3 is 14.2 Å². The molecular formula is C65H56N2O. The van der Waals surface area contributed by atoms with Gasteiger partial charge in [-0.05, 0) is 169 Å². The van der Waals surface area contributed by atoms with Crippen LogP contribution in [0.1, 0.15) is 58.2 Å². The zero-order valence-corrected chi connectivity index (χ0v) is 40.0. The second-order valence-electron chi connectivity index (χ2n) is 20.4. The van der Waals surface area contributed by atoms with E-state index in [9.17, 15) is 0 Å². The topological polar surface area (TPSA) is 19.6 Å². The van der Waals surface area contributed by atoms with Crippen LogP contribution in [0.2, 0.25) is 0 Å². The maximum atomic E-state index is 6.84. The number of furan rings is 1. The van der Waals surface area contributed by atoms with Gasteiger partial charge in [-0.15, -0.1) is 0 Å². The molecular weight excluding hydrogens is 825 g/mol. The molecule has 68 heavy (non-hydrogen) atoms. The smallest absolute Gasteiger partial charge is 0.136 e. The van der Waals surface area contributed by atoms with E-state index >= 15 is 0 Å². The molecule has 0 amide bonds. The van der Waals surface area contributed by atoms with E-state index in [1.165, 1.54) is 55.1 Å². The lowest BCUT2D eigenvalue weighted by atomic mass is 9.87. The number of aryl methyl sites for hydroxylation is 1. The number of fused-ring (bicyclic) bond motifs is 5. The molecule has 0 spiro atoms. The monoisotopic (exact) mass is 880 g/mol. The van der Waals surface area contributed by atoms with Crippen molar-refractivity contribution >= 4 is 77.6 Å². The number of anilines is 6. The van der Waals surface area contributed by atoms with Gasteiger partial charge in [0.2, 0.25) is 0 Å². The van der Waals surface area contributed by atoms with Crippen LogP contribution in [0.15, 0.2) is 217 Å². The fourth-order valence-electron chi connectivity index (χ4n) is 9.81. The molecule has 0 aliphatic rings. The van der Waals surface area contributed by atoms with Gasteiger partial charge in [-0.2, -0.15) is 0 Å². The minimum Gasteiger partial charge on any atom is -0.456 e. The van der Waals surface area contributed by atoms with Crippen LogP contribution >= 0.6 is 0 Å². The van der Waals surface area contributed by atoms with Crippen molar-refractivity contribution in [1.29, 1.82) is 0 Å². The van der Waals surface area contributed by atoms with Crippen molar-refractivity contribution in [2.45, 2.75) is 59.3 Å². The Bertz CT molecular complexity index is 3590. The first kappa shape index (κ1) is 42.7. The highest BCUT2D eigenvalue weighted by molar-refractivity contribution is 6.14. The Morgan fingerprint density at radius 2 is 0.735 bits per heavy atom. The summed E-state index contributed by atoms with van der Waals surface area (Å²) in [6, 6.07) is 77.5. The maximum absolute atomic E-state index is 6.84. The molecule has 332 valence electrons. The molecule has 0 bridgehead atoms. The van der Waals surface area contributed by atoms with Crippen LogP contribution in [0.5, 0.6) is 0 Å². The van der Waals surface area contributed by atoms with E-state index in [1.807, 2.05) is 0 Å². The first-order chi connectivity index (χ1) is 32.9. The van der Waals surface area contributed by atoms with Gasteiger partial charge in [-0.1, -0.05) is 163 Å². The summed E-state index contributed by atoms with van der Waals surface area (Å²) in [6.45, 7) is 15.8. The lowest BCUT2D eigenvalue weighted by molar-refractivity contribution is 0.590. The third-order valence-electron chi connectivity index (χ3n) is 13.7. The van der Waals surface area contributed by atoms with E-state index in [2.05, 4.69) is 271 Å². The largest absolute Gasteiger partial charge is 0.456 e. The van der Waals surface area contributed by atoms with Gasteiger partial charge in [0.25, 0.3) is 0 Å². The molecule has 0 fully saturated rings. The molecule has 0 unspecified atom stereocenters. The van der Waals surface area contributed by atoms with E-state index in [4.69, 9.17) is 4.42 Å². The summed E-state index contributed by atoms with van der Waals surface area (Å²) in [5, 5.41) is 6.89. The standard InChI is InChI=1S/C65H56N2O/c1-43-58-42-63-60(40-49(58)23-37-61(43)67(56-35-26-52(27-36-56)65(5,6)7)55-30-20-47(21-31-55)45-16-12-9-13-17-45)59-39-48-22-32-57(38-50(48)41-62(59)68-63)66(54-33-24-51(25-34-54)64(2,3)4)53-28-18-46(19-29-53)44-14-10-8-11-15-44/h8-42H,1-7H3. The van der Waals surface area contributed by atoms with Crippen molar-refractivity contribution < 1.29 is 4.42 Å². The Morgan fingerprint density at radius 1 is 0.324 bits per heavy atom. The summed E-state index contributed by atoms with van der Waals surface area (Å²) >= 11 is 0. The molecule has 0 aliphatic heterocycles. The number of rotatable bonds is 8. The molecule has 11 rings (SSSR count). The fraction of sp³-hybridized carbons (Fsp3) is 0.138. The summed E-state index contributed by atoms with van der Waals surface area (Å²) in [6.07, 6.45) is 0. The van der Waals surface area contributed by atoms with Crippen LogP contribution in [0.3, 0.4) is 0 Å². The first-order valence-corrected chi connectivity index (χ1v) is 23.8. The minimum absolute atomic E-state index is 0.0564. The molecule has 1 heterocycles. The number of benzene rings is 10. The zero-order chi connectivity index (χ0) is 46.7. The number of hydrogen-bond donors (Lipinski definition) is 0. The predicted octanol–water partition coefficient (Wildman–Crippen LogP) is 19.1. The third-order valence-corrected chi connectivity index (χ3v) is 13.7. The molecule has 0 aliphatic carbocycles. The minimum atomic E-state index is 0.0564. The van der Waals surface area contributed by atoms with E-state index in [0.717, 1.165) is 61.4 Å². The van der Waals surface area contributed by atoms with Crippen molar-refractivity contribution in [1.82, 2.24) is 0 Å². The van der Waals surface area contributed by atoms with Crippen LogP contribution in [-0.4, -0.2) is 0 Å². The predicted molar refractivity (Wildman–Crippen MR) is 291 cm³/mol. The highest BCUT2D eigenvalue weighted by Gasteiger charge is 2.22. The second kappa shape index (κ2) is 16.8. The van der Waals surface area contributed by atoms with Crippen LogP contribution in [0.4, 0.5) is 34.1 Å². The number of hydrogen-bond acceptors (Lipinski definition) is 3. The van der Waals surface area contributed by atoms with Gasteiger partial charge in [-0.3, -0.25) is 0 Å². The summed E-state index contributed by atoms with van der Waals surface area (Å²) in [5.41, 5.74) is 17.2. The van der Waals surface area contributed by atoms with Crippen molar-refractivity contribution in [2.24, 2.45) is 0 Å². The summed E-state index contributed by atoms with van der Waals surface area (Å²) in [7, 11) is 0. The molecule has 10 aromatic carbocycles. The SMILES string of the molecule is Cc1c(N(c2ccc(-c3ccccc3)cc2)c2ccc(C(C)(C)C)cc2)ccc2cc3c(cc12)oc1cc2cc(N(c4ccc(-c5ccccc5)cc4)c4ccc(C(C)(C)C)cc4)ccc2cc13. The fourth-order valence-corrected chi connectivity index (χ4v) is 9.81. The van der Waals surface area contributed by atoms with E-state index in [0.29, 0.717) is 0 Å². The highest BCUT2D eigenvalue weighted by Crippen LogP contribution is 2.44. The Kier molecular flexibility index (Phi) is 10.5. The third kappa shape index (κ3) is 7.98. The second-order valence-corrected chi connectivity index (χ2v) is 20.4.